The van der Waals surface area contributed by atoms with E-state index >= 15 is 0 Å². The first-order valence-electron chi connectivity index (χ1n) is 18.0. The number of nitrogens with zero attached hydrogens (tertiary/aromatic N) is 4. The van der Waals surface area contributed by atoms with Crippen LogP contribution < -0.4 is 16.0 Å². The van der Waals surface area contributed by atoms with Crippen molar-refractivity contribution in [2.24, 2.45) is 5.92 Å². The Balaban J connectivity index is 0.00000202. The van der Waals surface area contributed by atoms with Crippen LogP contribution >= 0.6 is 22.7 Å². The Morgan fingerprint density at radius 2 is 1.55 bits per heavy atom. The third kappa shape index (κ3) is 12.1. The van der Waals surface area contributed by atoms with Crippen LogP contribution in [0.15, 0.2) is 41.1 Å². The van der Waals surface area contributed by atoms with Gasteiger partial charge < -0.3 is 30.7 Å². The summed E-state index contributed by atoms with van der Waals surface area (Å²) in [6.45, 7) is 11.5. The molecule has 14 nitrogen and oxygen atoms in total. The first-order chi connectivity index (χ1) is 25.4. The van der Waals surface area contributed by atoms with Crippen molar-refractivity contribution in [1.29, 1.82) is 0 Å². The third-order valence-corrected chi connectivity index (χ3v) is 11.0. The lowest BCUT2D eigenvalue weighted by molar-refractivity contribution is -0.146. The quantitative estimate of drug-likeness (QED) is 0.267. The van der Waals surface area contributed by atoms with Crippen molar-refractivity contribution in [3.8, 4) is 0 Å². The molecule has 4 bridgehead atoms. The van der Waals surface area contributed by atoms with Gasteiger partial charge in [0.15, 0.2) is 0 Å². The van der Waals surface area contributed by atoms with Crippen LogP contribution in [0.5, 0.6) is 0 Å². The van der Waals surface area contributed by atoms with Crippen molar-refractivity contribution < 1.29 is 33.8 Å². The van der Waals surface area contributed by atoms with Gasteiger partial charge in [0.05, 0.1) is 30.8 Å². The molecule has 5 rings (SSSR count). The molecule has 0 saturated carbocycles. The number of thiazole rings is 2. The van der Waals surface area contributed by atoms with Crippen LogP contribution in [0.4, 0.5) is 0 Å². The lowest BCUT2D eigenvalue weighted by Gasteiger charge is -2.42. The second-order valence-corrected chi connectivity index (χ2v) is 15.7. The van der Waals surface area contributed by atoms with E-state index in [9.17, 15) is 19.2 Å². The highest BCUT2D eigenvalue weighted by molar-refractivity contribution is 7.10. The summed E-state index contributed by atoms with van der Waals surface area (Å²) in [5.41, 5.74) is 0.815. The van der Waals surface area contributed by atoms with Gasteiger partial charge >= 0.3 is 0 Å². The molecule has 288 valence electrons. The van der Waals surface area contributed by atoms with Crippen LogP contribution in [-0.4, -0.2) is 106 Å². The van der Waals surface area contributed by atoms with Crippen molar-refractivity contribution in [3.63, 3.8) is 0 Å². The minimum atomic E-state index is -0.745. The smallest absolute Gasteiger partial charge is 0.290 e. The van der Waals surface area contributed by atoms with Crippen molar-refractivity contribution in [3.05, 3.63) is 68.1 Å². The molecule has 2 aromatic heterocycles. The molecule has 16 heteroatoms. The first-order valence-corrected chi connectivity index (χ1v) is 19.7. The number of aromatic nitrogens is 2. The molecular formula is C37H51N7O7S2. The predicted octanol–water partition coefficient (Wildman–Crippen LogP) is 4.07. The summed E-state index contributed by atoms with van der Waals surface area (Å²) in [6.07, 6.45) is 2.40. The van der Waals surface area contributed by atoms with Crippen LogP contribution in [0.2, 0.25) is 0 Å². The number of carbonyl (C=O) groups is 5. The van der Waals surface area contributed by atoms with Crippen molar-refractivity contribution in [2.45, 2.75) is 77.4 Å². The zero-order valence-corrected chi connectivity index (χ0v) is 32.5. The SMILES string of the molecule is CC(C)C[C@@H]1NC(=O)CCCN(C(=O)C(C)(C)N2CCOCC2)CCCNC(=O)c2csc(n2)[C@H](Cc2ccccc2)NC(=O)c2csc1n2.O=CO. The number of benzene rings is 1. The number of morpholine rings is 1. The Labute approximate surface area is 318 Å². The maximum atomic E-state index is 14.0. The van der Waals surface area contributed by atoms with Gasteiger partial charge in [0.2, 0.25) is 11.8 Å². The van der Waals surface area contributed by atoms with E-state index in [4.69, 9.17) is 14.6 Å². The van der Waals surface area contributed by atoms with Crippen LogP contribution in [0.1, 0.15) is 102 Å². The first kappa shape index (κ1) is 41.5. The molecule has 2 aliphatic rings. The minimum Gasteiger partial charge on any atom is -0.483 e. The van der Waals surface area contributed by atoms with Crippen molar-refractivity contribution in [1.82, 2.24) is 35.7 Å². The number of carbonyl (C=O) groups excluding carboxylic acids is 4. The third-order valence-electron chi connectivity index (χ3n) is 9.07. The average molecular weight is 770 g/mol. The Morgan fingerprint density at radius 3 is 2.19 bits per heavy atom. The van der Waals surface area contributed by atoms with Gasteiger partial charge in [-0.05, 0) is 51.0 Å². The van der Waals surface area contributed by atoms with E-state index in [0.717, 1.165) is 5.56 Å². The summed E-state index contributed by atoms with van der Waals surface area (Å²) >= 11 is 2.67. The number of carboxylic acid groups (broad SMARTS) is 1. The Kier molecular flexibility index (Phi) is 15.9. The van der Waals surface area contributed by atoms with Gasteiger partial charge in [0.25, 0.3) is 18.3 Å². The highest BCUT2D eigenvalue weighted by Gasteiger charge is 2.38. The van der Waals surface area contributed by atoms with Gasteiger partial charge in [-0.3, -0.25) is 28.9 Å². The van der Waals surface area contributed by atoms with E-state index < -0.39 is 11.6 Å². The molecule has 1 aromatic carbocycles. The molecular weight excluding hydrogens is 719 g/mol. The molecule has 4 heterocycles. The largest absolute Gasteiger partial charge is 0.483 e. The number of hydrogen-bond acceptors (Lipinski definition) is 11. The average Bonchev–Trinajstić information content (AvgIpc) is 3.84. The number of rotatable bonds is 6. The highest BCUT2D eigenvalue weighted by Crippen LogP contribution is 2.27. The van der Waals surface area contributed by atoms with Gasteiger partial charge in [0.1, 0.15) is 21.4 Å². The second-order valence-electron chi connectivity index (χ2n) is 13.9. The zero-order chi connectivity index (χ0) is 38.4. The van der Waals surface area contributed by atoms with E-state index in [1.807, 2.05) is 49.1 Å². The topological polar surface area (TPSA) is 183 Å². The summed E-state index contributed by atoms with van der Waals surface area (Å²) < 4.78 is 5.52. The van der Waals surface area contributed by atoms with E-state index in [-0.39, 0.29) is 59.9 Å². The zero-order valence-electron chi connectivity index (χ0n) is 30.8. The highest BCUT2D eigenvalue weighted by atomic mass is 32.1. The maximum absolute atomic E-state index is 14.0. The Bertz CT molecular complexity index is 1660. The lowest BCUT2D eigenvalue weighted by atomic mass is 9.99. The summed E-state index contributed by atoms with van der Waals surface area (Å²) in [5.74, 6) is -0.524. The molecule has 0 aliphatic carbocycles. The van der Waals surface area contributed by atoms with Crippen LogP contribution in [-0.2, 0) is 25.5 Å². The number of hydrogen-bond donors (Lipinski definition) is 4. The van der Waals surface area contributed by atoms with E-state index in [1.54, 1.807) is 10.8 Å². The van der Waals surface area contributed by atoms with E-state index in [2.05, 4.69) is 44.7 Å². The number of amides is 4. The van der Waals surface area contributed by atoms with E-state index in [1.165, 1.54) is 22.7 Å². The van der Waals surface area contributed by atoms with Crippen molar-refractivity contribution >= 4 is 52.8 Å². The van der Waals surface area contributed by atoms with E-state index in [0.29, 0.717) is 81.6 Å². The number of nitrogens with one attached hydrogen (secondary N) is 3. The Hall–Kier alpha value is -4.25. The summed E-state index contributed by atoms with van der Waals surface area (Å²) in [7, 11) is 0. The molecule has 2 atom stereocenters. The molecule has 1 saturated heterocycles. The summed E-state index contributed by atoms with van der Waals surface area (Å²) in [5, 5.41) is 20.8. The van der Waals surface area contributed by atoms with Gasteiger partial charge in [-0.25, -0.2) is 9.97 Å². The maximum Gasteiger partial charge on any atom is 0.290 e. The molecule has 0 unspecified atom stereocenters. The standard InChI is InChI=1S/C36H49N7O5S2.CH2O2/c1-24(2)20-26-33-41-29(23-50-33)32(46)39-27(21-25-10-6-5-7-11-25)34-40-28(22-49-34)31(45)37-13-9-15-42(14-8-12-30(44)38-26)35(47)36(3,4)43-16-18-48-19-17-43;2-1-3/h5-7,10-11,22-24,26-27H,8-9,12-21H2,1-4H3,(H,37,45)(H,38,44)(H,39,46);1H,(H,2,3)/t26-,27-;/m0./s1. The van der Waals surface area contributed by atoms with Crippen LogP contribution in [0.25, 0.3) is 0 Å². The fourth-order valence-electron chi connectivity index (χ4n) is 6.30. The van der Waals surface area contributed by atoms with Gasteiger partial charge in [0, 0.05) is 49.9 Å². The van der Waals surface area contributed by atoms with Crippen LogP contribution in [0.3, 0.4) is 0 Å². The fourth-order valence-corrected chi connectivity index (χ4v) is 8.01. The minimum absolute atomic E-state index is 0.0108. The lowest BCUT2D eigenvalue weighted by Crippen LogP contribution is -2.59. The number of ether oxygens (including phenoxy) is 1. The molecule has 0 spiro atoms. The molecule has 3 aromatic rings. The molecule has 1 fully saturated rings. The van der Waals surface area contributed by atoms with Crippen molar-refractivity contribution in [2.75, 3.05) is 45.9 Å². The normalized spacial score (nSPS) is 19.9. The van der Waals surface area contributed by atoms with Crippen LogP contribution in [0, 0.1) is 5.92 Å². The monoisotopic (exact) mass is 769 g/mol. The molecule has 4 N–H and O–H groups in total. The fraction of sp³-hybridized carbons (Fsp3) is 0.541. The van der Waals surface area contributed by atoms with Gasteiger partial charge in [-0.15, -0.1) is 22.7 Å². The summed E-state index contributed by atoms with van der Waals surface area (Å²) in [4.78, 5) is 75.8. The molecule has 0 radical (unpaired) electrons. The molecule has 53 heavy (non-hydrogen) atoms. The predicted molar refractivity (Wildman–Crippen MR) is 203 cm³/mol. The second kappa shape index (κ2) is 20.3. The van der Waals surface area contributed by atoms with Gasteiger partial charge in [-0.1, -0.05) is 44.2 Å². The Morgan fingerprint density at radius 1 is 0.943 bits per heavy atom. The van der Waals surface area contributed by atoms with Gasteiger partial charge in [-0.2, -0.15) is 0 Å². The number of fused-ring (bicyclic) bond motifs is 4. The molecule has 2 aliphatic heterocycles. The summed E-state index contributed by atoms with van der Waals surface area (Å²) in [6, 6.07) is 8.97. The molecule has 4 amide bonds.